The van der Waals surface area contributed by atoms with E-state index in [2.05, 4.69) is 25.4 Å². The molecule has 4 aromatic heterocycles. The number of hydrogen-bond donors (Lipinski definition) is 1. The number of carbonyl (C=O) groups is 1. The predicted octanol–water partition coefficient (Wildman–Crippen LogP) is 3.03. The third-order valence-corrected chi connectivity index (χ3v) is 4.31. The molecule has 1 N–H and O–H groups in total. The van der Waals surface area contributed by atoms with Crippen molar-refractivity contribution in [3.63, 3.8) is 0 Å². The van der Waals surface area contributed by atoms with Gasteiger partial charge in [-0.05, 0) is 12.1 Å². The van der Waals surface area contributed by atoms with Crippen LogP contribution in [0.4, 0.5) is 19.0 Å². The molecule has 0 spiro atoms. The summed E-state index contributed by atoms with van der Waals surface area (Å²) in [5, 5.41) is 7.31. The molecule has 4 rings (SSSR count). The monoisotopic (exact) mass is 401 g/mol. The number of halogens is 3. The van der Waals surface area contributed by atoms with Crippen molar-refractivity contribution in [1.82, 2.24) is 29.3 Å². The molecule has 0 saturated heterocycles. The van der Waals surface area contributed by atoms with Crippen molar-refractivity contribution in [2.24, 2.45) is 14.1 Å². The first-order chi connectivity index (χ1) is 13.7. The van der Waals surface area contributed by atoms with Gasteiger partial charge < -0.3 is 9.88 Å². The normalized spacial score (nSPS) is 11.8. The van der Waals surface area contributed by atoms with Gasteiger partial charge in [-0.25, -0.2) is 15.0 Å². The van der Waals surface area contributed by atoms with E-state index in [-0.39, 0.29) is 11.6 Å². The van der Waals surface area contributed by atoms with Crippen LogP contribution in [0.15, 0.2) is 43.0 Å². The van der Waals surface area contributed by atoms with Crippen molar-refractivity contribution < 1.29 is 18.0 Å². The number of amides is 1. The lowest BCUT2D eigenvalue weighted by molar-refractivity contribution is -0.144. The number of fused-ring (bicyclic) bond motifs is 1. The molecule has 0 aliphatic heterocycles. The number of alkyl halides is 3. The predicted molar refractivity (Wildman–Crippen MR) is 97.9 cm³/mol. The average molecular weight is 401 g/mol. The molecule has 4 aromatic rings. The van der Waals surface area contributed by atoms with E-state index in [0.29, 0.717) is 28.0 Å². The molecule has 0 saturated carbocycles. The summed E-state index contributed by atoms with van der Waals surface area (Å²) < 4.78 is 41.9. The lowest BCUT2D eigenvalue weighted by Crippen LogP contribution is -2.12. The van der Waals surface area contributed by atoms with Gasteiger partial charge in [-0.15, -0.1) is 0 Å². The molecule has 0 unspecified atom stereocenters. The van der Waals surface area contributed by atoms with Crippen LogP contribution >= 0.6 is 0 Å². The van der Waals surface area contributed by atoms with Gasteiger partial charge in [0, 0.05) is 44.1 Å². The number of hydrogen-bond acceptors (Lipinski definition) is 5. The van der Waals surface area contributed by atoms with Crippen molar-refractivity contribution in [2.45, 2.75) is 6.18 Å². The Morgan fingerprint density at radius 2 is 1.93 bits per heavy atom. The molecule has 0 aromatic carbocycles. The number of nitrogens with zero attached hydrogens (tertiary/aromatic N) is 6. The Bertz CT molecular complexity index is 1230. The summed E-state index contributed by atoms with van der Waals surface area (Å²) in [7, 11) is 3.39. The molecule has 0 aliphatic rings. The summed E-state index contributed by atoms with van der Waals surface area (Å²) in [4.78, 5) is 23.4. The molecule has 29 heavy (non-hydrogen) atoms. The van der Waals surface area contributed by atoms with Crippen LogP contribution in [0.3, 0.4) is 0 Å². The first-order valence-electron chi connectivity index (χ1n) is 8.38. The van der Waals surface area contributed by atoms with Gasteiger partial charge in [0.1, 0.15) is 5.82 Å². The van der Waals surface area contributed by atoms with Crippen molar-refractivity contribution in [3.8, 4) is 11.4 Å². The van der Waals surface area contributed by atoms with Crippen molar-refractivity contribution in [2.75, 3.05) is 5.32 Å². The summed E-state index contributed by atoms with van der Waals surface area (Å²) in [5.74, 6) is -1.27. The van der Waals surface area contributed by atoms with Crippen LogP contribution in [0.1, 0.15) is 16.2 Å². The third-order valence-electron chi connectivity index (χ3n) is 4.31. The van der Waals surface area contributed by atoms with Crippen LogP contribution in [0.25, 0.3) is 22.3 Å². The summed E-state index contributed by atoms with van der Waals surface area (Å²) in [6.45, 7) is 0. The summed E-state index contributed by atoms with van der Waals surface area (Å²) in [5.41, 5.74) is 1.64. The van der Waals surface area contributed by atoms with Crippen molar-refractivity contribution in [3.05, 3.63) is 54.4 Å². The third kappa shape index (κ3) is 3.53. The van der Waals surface area contributed by atoms with E-state index >= 15 is 0 Å². The topological polar surface area (TPSA) is 90.5 Å². The minimum atomic E-state index is -4.63. The zero-order chi connectivity index (χ0) is 20.8. The second-order valence-corrected chi connectivity index (χ2v) is 6.34. The van der Waals surface area contributed by atoms with Gasteiger partial charge in [-0.3, -0.25) is 9.48 Å². The lowest BCUT2D eigenvalue weighted by Gasteiger charge is -2.08. The molecule has 1 amide bonds. The van der Waals surface area contributed by atoms with Crippen molar-refractivity contribution in [1.29, 1.82) is 0 Å². The fraction of sp³-hybridized carbons (Fsp3) is 0.167. The highest BCUT2D eigenvalue weighted by atomic mass is 19.4. The van der Waals surface area contributed by atoms with E-state index in [0.717, 1.165) is 6.20 Å². The maximum atomic E-state index is 12.9. The Labute approximate surface area is 162 Å². The molecule has 11 heteroatoms. The highest BCUT2D eigenvalue weighted by molar-refractivity contribution is 6.04. The number of anilines is 1. The zero-order valence-electron chi connectivity index (χ0n) is 15.3. The molecule has 0 bridgehead atoms. The molecule has 0 atom stereocenters. The molecule has 0 fully saturated rings. The first-order valence-corrected chi connectivity index (χ1v) is 8.38. The zero-order valence-corrected chi connectivity index (χ0v) is 15.3. The van der Waals surface area contributed by atoms with Crippen LogP contribution in [-0.4, -0.2) is 35.2 Å². The maximum Gasteiger partial charge on any atom is 0.451 e. The Balaban J connectivity index is 1.69. The van der Waals surface area contributed by atoms with E-state index < -0.39 is 12.0 Å². The highest BCUT2D eigenvalue weighted by Gasteiger charge is 2.34. The van der Waals surface area contributed by atoms with Gasteiger partial charge in [0.15, 0.2) is 0 Å². The van der Waals surface area contributed by atoms with Crippen molar-refractivity contribution >= 4 is 22.6 Å². The quantitative estimate of drug-likeness (QED) is 0.570. The Morgan fingerprint density at radius 1 is 1.14 bits per heavy atom. The van der Waals surface area contributed by atoms with Gasteiger partial charge in [0.05, 0.1) is 28.7 Å². The van der Waals surface area contributed by atoms with E-state index in [9.17, 15) is 18.0 Å². The van der Waals surface area contributed by atoms with Crippen LogP contribution < -0.4 is 5.32 Å². The smallest absolute Gasteiger partial charge is 0.342 e. The highest BCUT2D eigenvalue weighted by Crippen LogP contribution is 2.30. The second-order valence-electron chi connectivity index (χ2n) is 6.34. The molecule has 0 radical (unpaired) electrons. The minimum absolute atomic E-state index is 0.131. The number of rotatable bonds is 3. The Morgan fingerprint density at radius 3 is 2.62 bits per heavy atom. The number of nitrogens with one attached hydrogen (secondary N) is 1. The molecular formula is C18H14F3N7O. The van der Waals surface area contributed by atoms with Gasteiger partial charge in [-0.2, -0.15) is 18.3 Å². The number of aryl methyl sites for hydroxylation is 2. The van der Waals surface area contributed by atoms with E-state index in [4.69, 9.17) is 0 Å². The fourth-order valence-electron chi connectivity index (χ4n) is 2.91. The average Bonchev–Trinajstić information content (AvgIpc) is 3.25. The Hall–Kier alpha value is -3.76. The summed E-state index contributed by atoms with van der Waals surface area (Å²) >= 11 is 0. The molecule has 8 nitrogen and oxygen atoms in total. The molecule has 4 heterocycles. The number of pyridine rings is 1. The van der Waals surface area contributed by atoms with Gasteiger partial charge in [0.25, 0.3) is 5.91 Å². The molecule has 148 valence electrons. The van der Waals surface area contributed by atoms with Gasteiger partial charge in [-0.1, -0.05) is 0 Å². The van der Waals surface area contributed by atoms with E-state index in [1.54, 1.807) is 37.0 Å². The molecular weight excluding hydrogens is 387 g/mol. The standard InChI is InChI=1S/C18H14F3N7O/c1-27-9-11(8-24-27)16(29)26-15-6-13-10(7-23-15)5-14(28(13)2)12-3-4-22-17(25-12)18(19,20)21/h3-9H,1-2H3,(H,23,26,29). The van der Waals surface area contributed by atoms with Crippen LogP contribution in [-0.2, 0) is 20.3 Å². The first kappa shape index (κ1) is 18.6. The second kappa shape index (κ2) is 6.69. The van der Waals surface area contributed by atoms with E-state index in [1.807, 2.05) is 0 Å². The fourth-order valence-corrected chi connectivity index (χ4v) is 2.91. The van der Waals surface area contributed by atoms with Crippen LogP contribution in [0, 0.1) is 0 Å². The molecule has 0 aliphatic carbocycles. The van der Waals surface area contributed by atoms with Gasteiger partial charge in [0.2, 0.25) is 5.82 Å². The largest absolute Gasteiger partial charge is 0.451 e. The number of carbonyl (C=O) groups excluding carboxylic acids is 1. The SMILES string of the molecule is Cn1cc(C(=O)Nc2cc3c(cn2)cc(-c2ccnc(C(F)(F)F)n2)n3C)cn1. The summed E-state index contributed by atoms with van der Waals surface area (Å²) in [6, 6.07) is 4.72. The van der Waals surface area contributed by atoms with Crippen LogP contribution in [0.5, 0.6) is 0 Å². The minimum Gasteiger partial charge on any atom is -0.342 e. The van der Waals surface area contributed by atoms with Gasteiger partial charge >= 0.3 is 6.18 Å². The summed E-state index contributed by atoms with van der Waals surface area (Å²) in [6.07, 6.45) is 0.972. The Kier molecular flexibility index (Phi) is 4.29. The van der Waals surface area contributed by atoms with Crippen LogP contribution in [0.2, 0.25) is 0 Å². The maximum absolute atomic E-state index is 12.9. The van der Waals surface area contributed by atoms with E-state index in [1.165, 1.54) is 23.1 Å². The number of aromatic nitrogens is 6. The lowest BCUT2D eigenvalue weighted by atomic mass is 10.2.